The fourth-order valence-corrected chi connectivity index (χ4v) is 1.44. The van der Waals surface area contributed by atoms with Gasteiger partial charge in [0.15, 0.2) is 0 Å². The molecule has 1 heterocycles. The van der Waals surface area contributed by atoms with E-state index in [0.29, 0.717) is 0 Å². The fraction of sp³-hybridized carbons (Fsp3) is 0.417. The Morgan fingerprint density at radius 1 is 1.50 bits per heavy atom. The number of amides is 1. The summed E-state index contributed by atoms with van der Waals surface area (Å²) in [7, 11) is 0. The predicted molar refractivity (Wildman–Crippen MR) is 65.6 cm³/mol. The van der Waals surface area contributed by atoms with Crippen LogP contribution in [0.25, 0.3) is 0 Å². The largest absolute Gasteiger partial charge is 0.481 e. The number of carbonyl (C=O) groups excluding carboxylic acids is 1. The van der Waals surface area contributed by atoms with Gasteiger partial charge in [-0.25, -0.2) is 0 Å². The van der Waals surface area contributed by atoms with E-state index < -0.39 is 12.0 Å². The lowest BCUT2D eigenvalue weighted by Gasteiger charge is -2.16. The Bertz CT molecular complexity index is 408. The molecule has 0 aromatic carbocycles. The number of rotatable bonds is 6. The number of aromatic nitrogens is 1. The zero-order valence-electron chi connectivity index (χ0n) is 10.2. The van der Waals surface area contributed by atoms with Crippen LogP contribution in [-0.2, 0) is 9.59 Å². The second-order valence-electron chi connectivity index (χ2n) is 4.02. The number of nitrogens with two attached hydrogens (primary N) is 1. The number of nitrogens with zero attached hydrogens (tertiary/aromatic N) is 1. The molecule has 4 N–H and O–H groups in total. The Kier molecular flexibility index (Phi) is 5.26. The molecule has 18 heavy (non-hydrogen) atoms. The van der Waals surface area contributed by atoms with Crippen molar-refractivity contribution < 1.29 is 14.7 Å². The monoisotopic (exact) mass is 251 g/mol. The zero-order valence-corrected chi connectivity index (χ0v) is 10.2. The molecule has 0 aliphatic carbocycles. The molecule has 98 valence electrons. The van der Waals surface area contributed by atoms with E-state index in [2.05, 4.69) is 10.3 Å². The van der Waals surface area contributed by atoms with Crippen LogP contribution in [0.1, 0.15) is 31.5 Å². The van der Waals surface area contributed by atoms with Crippen LogP contribution in [0.2, 0.25) is 0 Å². The maximum absolute atomic E-state index is 11.7. The van der Waals surface area contributed by atoms with Crippen molar-refractivity contribution in [2.45, 2.75) is 31.8 Å². The van der Waals surface area contributed by atoms with E-state index in [-0.39, 0.29) is 24.8 Å². The summed E-state index contributed by atoms with van der Waals surface area (Å²) in [5.74, 6) is -1.33. The van der Waals surface area contributed by atoms with Gasteiger partial charge in [-0.05, 0) is 25.5 Å². The zero-order chi connectivity index (χ0) is 13.5. The predicted octanol–water partition coefficient (Wildman–Crippen LogP) is 0.451. The van der Waals surface area contributed by atoms with Gasteiger partial charge in [-0.2, -0.15) is 0 Å². The van der Waals surface area contributed by atoms with Crippen LogP contribution >= 0.6 is 0 Å². The summed E-state index contributed by atoms with van der Waals surface area (Å²) < 4.78 is 0. The molecule has 1 aromatic rings. The van der Waals surface area contributed by atoms with Gasteiger partial charge >= 0.3 is 5.97 Å². The van der Waals surface area contributed by atoms with Crippen LogP contribution in [-0.4, -0.2) is 28.0 Å². The van der Waals surface area contributed by atoms with Crippen LogP contribution in [0.15, 0.2) is 24.4 Å². The third kappa shape index (κ3) is 4.50. The van der Waals surface area contributed by atoms with Gasteiger partial charge in [0.25, 0.3) is 0 Å². The molecule has 0 aliphatic rings. The quantitative estimate of drug-likeness (QED) is 0.680. The molecule has 1 rings (SSSR count). The summed E-state index contributed by atoms with van der Waals surface area (Å²) >= 11 is 0. The summed E-state index contributed by atoms with van der Waals surface area (Å²) in [6.45, 7) is 1.80. The van der Waals surface area contributed by atoms with Crippen LogP contribution in [0.3, 0.4) is 0 Å². The van der Waals surface area contributed by atoms with Crippen molar-refractivity contribution in [3.63, 3.8) is 0 Å². The molecular weight excluding hydrogens is 234 g/mol. The third-order valence-electron chi connectivity index (χ3n) is 2.50. The highest BCUT2D eigenvalue weighted by Gasteiger charge is 2.17. The van der Waals surface area contributed by atoms with Gasteiger partial charge in [0.1, 0.15) is 0 Å². The highest BCUT2D eigenvalue weighted by atomic mass is 16.4. The molecule has 6 nitrogen and oxygen atoms in total. The van der Waals surface area contributed by atoms with Crippen molar-refractivity contribution in [1.82, 2.24) is 10.3 Å². The van der Waals surface area contributed by atoms with E-state index in [4.69, 9.17) is 10.8 Å². The summed E-state index contributed by atoms with van der Waals surface area (Å²) in [5, 5.41) is 11.2. The number of hydrogen-bond acceptors (Lipinski definition) is 4. The van der Waals surface area contributed by atoms with E-state index in [1.54, 1.807) is 25.3 Å². The number of nitrogens with one attached hydrogen (secondary N) is 1. The fourth-order valence-electron chi connectivity index (χ4n) is 1.44. The van der Waals surface area contributed by atoms with Crippen LogP contribution in [0, 0.1) is 0 Å². The van der Waals surface area contributed by atoms with E-state index in [0.717, 1.165) is 5.69 Å². The molecule has 2 unspecified atom stereocenters. The molecule has 0 saturated heterocycles. The summed E-state index contributed by atoms with van der Waals surface area (Å²) in [5.41, 5.74) is 6.33. The molecule has 0 fully saturated rings. The number of carboxylic acid groups (broad SMARTS) is 1. The Hall–Kier alpha value is -1.95. The van der Waals surface area contributed by atoms with Crippen molar-refractivity contribution in [2.24, 2.45) is 5.73 Å². The minimum absolute atomic E-state index is 0.118. The molecule has 1 amide bonds. The summed E-state index contributed by atoms with van der Waals surface area (Å²) in [4.78, 5) is 26.2. The first-order valence-corrected chi connectivity index (χ1v) is 5.69. The maximum atomic E-state index is 11.7. The van der Waals surface area contributed by atoms with Gasteiger partial charge in [-0.1, -0.05) is 6.07 Å². The van der Waals surface area contributed by atoms with Gasteiger partial charge in [0.05, 0.1) is 17.8 Å². The van der Waals surface area contributed by atoms with Gasteiger partial charge in [-0.3, -0.25) is 14.6 Å². The summed E-state index contributed by atoms with van der Waals surface area (Å²) in [6, 6.07) is 4.35. The Morgan fingerprint density at radius 3 is 2.78 bits per heavy atom. The number of pyridine rings is 1. The smallest absolute Gasteiger partial charge is 0.303 e. The number of aliphatic carboxylic acids is 1. The highest BCUT2D eigenvalue weighted by molar-refractivity contribution is 5.82. The topological polar surface area (TPSA) is 105 Å². The van der Waals surface area contributed by atoms with E-state index in [1.165, 1.54) is 0 Å². The maximum Gasteiger partial charge on any atom is 0.303 e. The van der Waals surface area contributed by atoms with E-state index in [1.807, 2.05) is 6.07 Å². The minimum Gasteiger partial charge on any atom is -0.481 e. The molecule has 0 bridgehead atoms. The van der Waals surface area contributed by atoms with Crippen LogP contribution in [0.4, 0.5) is 0 Å². The normalized spacial score (nSPS) is 13.7. The average Bonchev–Trinajstić information content (AvgIpc) is 2.36. The van der Waals surface area contributed by atoms with Crippen LogP contribution in [0.5, 0.6) is 0 Å². The number of carbonyl (C=O) groups is 2. The van der Waals surface area contributed by atoms with Crippen molar-refractivity contribution in [1.29, 1.82) is 0 Å². The standard InChI is InChI=1S/C12H17N3O3/c1-8(10-4-2-3-7-14-10)15-12(18)9(13)5-6-11(16)17/h2-4,7-9H,5-6,13H2,1H3,(H,15,18)(H,16,17). The molecule has 0 saturated carbocycles. The minimum atomic E-state index is -0.962. The Morgan fingerprint density at radius 2 is 2.22 bits per heavy atom. The molecule has 6 heteroatoms. The van der Waals surface area contributed by atoms with E-state index >= 15 is 0 Å². The number of carboxylic acids is 1. The molecule has 2 atom stereocenters. The first-order chi connectivity index (χ1) is 8.50. The average molecular weight is 251 g/mol. The summed E-state index contributed by atoms with van der Waals surface area (Å²) in [6.07, 6.45) is 1.64. The van der Waals surface area contributed by atoms with Crippen LogP contribution < -0.4 is 11.1 Å². The lowest BCUT2D eigenvalue weighted by Crippen LogP contribution is -2.42. The van der Waals surface area contributed by atoms with Gasteiger partial charge in [0, 0.05) is 12.6 Å². The third-order valence-corrected chi connectivity index (χ3v) is 2.50. The first kappa shape index (κ1) is 14.1. The van der Waals surface area contributed by atoms with Gasteiger partial charge in [0.2, 0.25) is 5.91 Å². The molecular formula is C12H17N3O3. The second-order valence-corrected chi connectivity index (χ2v) is 4.02. The first-order valence-electron chi connectivity index (χ1n) is 5.69. The number of hydrogen-bond donors (Lipinski definition) is 3. The van der Waals surface area contributed by atoms with Crippen molar-refractivity contribution >= 4 is 11.9 Å². The SMILES string of the molecule is CC(NC(=O)C(N)CCC(=O)O)c1ccccn1. The van der Waals surface area contributed by atoms with Crippen molar-refractivity contribution in [3.8, 4) is 0 Å². The van der Waals surface area contributed by atoms with Crippen molar-refractivity contribution in [2.75, 3.05) is 0 Å². The lowest BCUT2D eigenvalue weighted by molar-refractivity contribution is -0.137. The van der Waals surface area contributed by atoms with Gasteiger partial charge < -0.3 is 16.2 Å². The highest BCUT2D eigenvalue weighted by Crippen LogP contribution is 2.08. The Balaban J connectivity index is 2.46. The second kappa shape index (κ2) is 6.70. The Labute approximate surface area is 105 Å². The van der Waals surface area contributed by atoms with Crippen molar-refractivity contribution in [3.05, 3.63) is 30.1 Å². The molecule has 0 radical (unpaired) electrons. The molecule has 0 aliphatic heterocycles. The van der Waals surface area contributed by atoms with Gasteiger partial charge in [-0.15, -0.1) is 0 Å². The molecule has 0 spiro atoms. The molecule has 1 aromatic heterocycles. The lowest BCUT2D eigenvalue weighted by atomic mass is 10.1. The van der Waals surface area contributed by atoms with E-state index in [9.17, 15) is 9.59 Å².